The highest BCUT2D eigenvalue weighted by Crippen LogP contribution is 2.33. The highest BCUT2D eigenvalue weighted by atomic mass is 16.5. The summed E-state index contributed by atoms with van der Waals surface area (Å²) in [7, 11) is 0. The SMILES string of the molecule is CCOC(=O)c1cn(-c2ccc(NC(=O)c3cccc(O)c3)cc2)nc1N(C(=O)[C@H]1CC[C@H](C)CC1)C(C)C. The van der Waals surface area contributed by atoms with Crippen molar-refractivity contribution in [2.45, 2.75) is 59.4 Å². The maximum Gasteiger partial charge on any atom is 0.343 e. The number of aromatic nitrogens is 2. The number of aromatic hydroxyl groups is 1. The van der Waals surface area contributed by atoms with Crippen molar-refractivity contribution in [3.8, 4) is 11.4 Å². The van der Waals surface area contributed by atoms with Gasteiger partial charge in [0.25, 0.3) is 5.91 Å². The molecule has 1 fully saturated rings. The van der Waals surface area contributed by atoms with Crippen molar-refractivity contribution in [3.05, 3.63) is 65.9 Å². The van der Waals surface area contributed by atoms with E-state index in [-0.39, 0.29) is 47.5 Å². The molecule has 39 heavy (non-hydrogen) atoms. The average molecular weight is 533 g/mol. The molecule has 1 aromatic heterocycles. The lowest BCUT2D eigenvalue weighted by atomic mass is 9.82. The molecule has 206 valence electrons. The lowest BCUT2D eigenvalue weighted by Crippen LogP contribution is -2.43. The number of hydrogen-bond acceptors (Lipinski definition) is 6. The van der Waals surface area contributed by atoms with E-state index in [0.29, 0.717) is 22.9 Å². The van der Waals surface area contributed by atoms with Crippen molar-refractivity contribution >= 4 is 29.3 Å². The Balaban J connectivity index is 1.61. The number of carbonyl (C=O) groups is 3. The molecule has 9 nitrogen and oxygen atoms in total. The van der Waals surface area contributed by atoms with E-state index >= 15 is 0 Å². The van der Waals surface area contributed by atoms with Crippen molar-refractivity contribution in [2.24, 2.45) is 11.8 Å². The molecule has 0 spiro atoms. The number of ether oxygens (including phenoxy) is 1. The number of amides is 2. The molecule has 1 heterocycles. The van der Waals surface area contributed by atoms with Crippen LogP contribution in [0.1, 0.15) is 74.1 Å². The van der Waals surface area contributed by atoms with E-state index in [2.05, 4.69) is 17.3 Å². The van der Waals surface area contributed by atoms with Gasteiger partial charge in [-0.1, -0.05) is 13.0 Å². The van der Waals surface area contributed by atoms with E-state index in [0.717, 1.165) is 25.7 Å². The van der Waals surface area contributed by atoms with Crippen LogP contribution in [0.15, 0.2) is 54.7 Å². The van der Waals surface area contributed by atoms with Gasteiger partial charge in [0.05, 0.1) is 12.3 Å². The summed E-state index contributed by atoms with van der Waals surface area (Å²) in [6.07, 6.45) is 5.26. The zero-order valence-corrected chi connectivity index (χ0v) is 22.9. The minimum absolute atomic E-state index is 0.0110. The second-order valence-electron chi connectivity index (χ2n) is 10.3. The van der Waals surface area contributed by atoms with E-state index in [1.54, 1.807) is 59.1 Å². The van der Waals surface area contributed by atoms with Gasteiger partial charge >= 0.3 is 5.97 Å². The average Bonchev–Trinajstić information content (AvgIpc) is 3.34. The van der Waals surface area contributed by atoms with Crippen LogP contribution < -0.4 is 10.2 Å². The first-order valence-electron chi connectivity index (χ1n) is 13.5. The smallest absolute Gasteiger partial charge is 0.343 e. The first-order valence-corrected chi connectivity index (χ1v) is 13.5. The third-order valence-electron chi connectivity index (χ3n) is 7.04. The van der Waals surface area contributed by atoms with E-state index in [4.69, 9.17) is 4.74 Å². The monoisotopic (exact) mass is 532 g/mol. The molecule has 0 aliphatic heterocycles. The minimum Gasteiger partial charge on any atom is -0.508 e. The summed E-state index contributed by atoms with van der Waals surface area (Å²) >= 11 is 0. The van der Waals surface area contributed by atoms with Crippen LogP contribution in [0.4, 0.5) is 11.5 Å². The Kier molecular flexibility index (Phi) is 8.69. The molecular weight excluding hydrogens is 496 g/mol. The predicted molar refractivity (Wildman–Crippen MR) is 149 cm³/mol. The molecule has 3 aromatic rings. The lowest BCUT2D eigenvalue weighted by Gasteiger charge is -2.32. The molecule has 9 heteroatoms. The van der Waals surface area contributed by atoms with Gasteiger partial charge in [-0.25, -0.2) is 9.48 Å². The van der Waals surface area contributed by atoms with Gasteiger partial charge < -0.3 is 15.2 Å². The van der Waals surface area contributed by atoms with E-state index in [9.17, 15) is 19.5 Å². The molecule has 2 amide bonds. The zero-order valence-electron chi connectivity index (χ0n) is 22.9. The van der Waals surface area contributed by atoms with Crippen LogP contribution in [0.5, 0.6) is 5.75 Å². The molecule has 1 saturated carbocycles. The molecule has 1 aliphatic rings. The number of phenolic OH excluding ortho intramolecular Hbond substituents is 1. The van der Waals surface area contributed by atoms with Crippen LogP contribution >= 0.6 is 0 Å². The Morgan fingerprint density at radius 2 is 1.79 bits per heavy atom. The van der Waals surface area contributed by atoms with Crippen molar-refractivity contribution in [2.75, 3.05) is 16.8 Å². The van der Waals surface area contributed by atoms with Crippen LogP contribution in [0.3, 0.4) is 0 Å². The summed E-state index contributed by atoms with van der Waals surface area (Å²) < 4.78 is 6.85. The van der Waals surface area contributed by atoms with Crippen molar-refractivity contribution in [3.63, 3.8) is 0 Å². The Bertz CT molecular complexity index is 1320. The van der Waals surface area contributed by atoms with Crippen LogP contribution in [0.25, 0.3) is 5.69 Å². The number of benzene rings is 2. The number of carbonyl (C=O) groups excluding carboxylic acids is 3. The molecule has 0 bridgehead atoms. The quantitative estimate of drug-likeness (QED) is 0.367. The maximum atomic E-state index is 13.7. The van der Waals surface area contributed by atoms with Gasteiger partial charge in [-0.15, -0.1) is 5.10 Å². The normalized spacial score (nSPS) is 17.1. The molecule has 0 atom stereocenters. The van der Waals surface area contributed by atoms with E-state index in [1.807, 2.05) is 13.8 Å². The number of rotatable bonds is 8. The van der Waals surface area contributed by atoms with Gasteiger partial charge in [0.2, 0.25) is 5.91 Å². The number of hydrogen-bond donors (Lipinski definition) is 2. The fraction of sp³-hybridized carbons (Fsp3) is 0.400. The molecule has 4 rings (SSSR count). The molecule has 2 aromatic carbocycles. The van der Waals surface area contributed by atoms with Crippen molar-refractivity contribution in [1.29, 1.82) is 0 Å². The predicted octanol–water partition coefficient (Wildman–Crippen LogP) is 5.57. The largest absolute Gasteiger partial charge is 0.508 e. The Labute approximate surface area is 228 Å². The van der Waals surface area contributed by atoms with Crippen LogP contribution in [-0.4, -0.2) is 45.3 Å². The number of nitrogens with one attached hydrogen (secondary N) is 1. The second kappa shape index (κ2) is 12.1. The maximum absolute atomic E-state index is 13.7. The van der Waals surface area contributed by atoms with Gasteiger partial charge in [-0.05, 0) is 94.8 Å². The molecule has 0 saturated heterocycles. The summed E-state index contributed by atoms with van der Waals surface area (Å²) in [5.41, 5.74) is 1.76. The zero-order chi connectivity index (χ0) is 28.1. The number of esters is 1. The first kappa shape index (κ1) is 27.9. The van der Waals surface area contributed by atoms with E-state index in [1.165, 1.54) is 12.1 Å². The number of anilines is 2. The summed E-state index contributed by atoms with van der Waals surface area (Å²) in [4.78, 5) is 40.8. The van der Waals surface area contributed by atoms with Crippen LogP contribution in [-0.2, 0) is 9.53 Å². The van der Waals surface area contributed by atoms with Gasteiger partial charge in [-0.2, -0.15) is 0 Å². The van der Waals surface area contributed by atoms with Gasteiger partial charge in [0, 0.05) is 29.4 Å². The summed E-state index contributed by atoms with van der Waals surface area (Å²) in [5, 5.41) is 17.1. The highest BCUT2D eigenvalue weighted by Gasteiger charge is 2.34. The first-order chi connectivity index (χ1) is 18.7. The third-order valence-corrected chi connectivity index (χ3v) is 7.04. The topological polar surface area (TPSA) is 114 Å². The molecule has 2 N–H and O–H groups in total. The lowest BCUT2D eigenvalue weighted by molar-refractivity contribution is -0.124. The van der Waals surface area contributed by atoms with Gasteiger partial charge in [0.15, 0.2) is 5.82 Å². The fourth-order valence-electron chi connectivity index (χ4n) is 4.88. The molecular formula is C30H36N4O5. The summed E-state index contributed by atoms with van der Waals surface area (Å²) in [5.74, 6) is -0.0955. The fourth-order valence-corrected chi connectivity index (χ4v) is 4.88. The van der Waals surface area contributed by atoms with E-state index < -0.39 is 5.97 Å². The van der Waals surface area contributed by atoms with Gasteiger partial charge in [-0.3, -0.25) is 14.5 Å². The molecule has 1 aliphatic carbocycles. The summed E-state index contributed by atoms with van der Waals surface area (Å²) in [6.45, 7) is 7.99. The Morgan fingerprint density at radius 1 is 1.10 bits per heavy atom. The third kappa shape index (κ3) is 6.47. The second-order valence-corrected chi connectivity index (χ2v) is 10.3. The standard InChI is InChI=1S/C30H36N4O5/c1-5-39-30(38)26-18-33(32-27(26)34(19(2)3)29(37)21-11-9-20(4)10-12-21)24-15-13-23(14-16-24)31-28(36)22-7-6-8-25(35)17-22/h6-8,13-21,35H,5,9-12H2,1-4H3,(H,31,36)/t20-,21-. The Morgan fingerprint density at radius 3 is 2.41 bits per heavy atom. The highest BCUT2D eigenvalue weighted by molar-refractivity contribution is 6.04. The summed E-state index contributed by atoms with van der Waals surface area (Å²) in [6, 6.07) is 12.8. The van der Waals surface area contributed by atoms with Gasteiger partial charge in [0.1, 0.15) is 11.3 Å². The van der Waals surface area contributed by atoms with Crippen molar-refractivity contribution < 1.29 is 24.2 Å². The minimum atomic E-state index is -0.538. The Hall–Kier alpha value is -4.14. The number of phenols is 1. The van der Waals surface area contributed by atoms with Crippen LogP contribution in [0, 0.1) is 11.8 Å². The molecule has 0 unspecified atom stereocenters. The number of nitrogens with zero attached hydrogens (tertiary/aromatic N) is 3. The molecule has 0 radical (unpaired) electrons. The van der Waals surface area contributed by atoms with Crippen LogP contribution in [0.2, 0.25) is 0 Å². The van der Waals surface area contributed by atoms with Crippen molar-refractivity contribution in [1.82, 2.24) is 9.78 Å².